The molecule has 2 atom stereocenters. The molecule has 0 spiro atoms. The van der Waals surface area contributed by atoms with Crippen molar-refractivity contribution in [3.05, 3.63) is 63.4 Å². The van der Waals surface area contributed by atoms with Crippen LogP contribution in [-0.2, 0) is 4.79 Å². The Morgan fingerprint density at radius 1 is 1.29 bits per heavy atom. The van der Waals surface area contributed by atoms with Gasteiger partial charge in [-0.15, -0.1) is 11.8 Å². The second-order valence-corrected chi connectivity index (χ2v) is 7.61. The SMILES string of the molecule is CC(c1ccccc1)c1cc(=O)n2c(c1C1CC1)SC[C@H]2C(=O)O. The molecule has 4 nitrogen and oxygen atoms in total. The fourth-order valence-corrected chi connectivity index (χ4v) is 4.96. The Hall–Kier alpha value is -2.01. The van der Waals surface area contributed by atoms with Crippen LogP contribution in [0.5, 0.6) is 0 Å². The number of carboxylic acids is 1. The van der Waals surface area contributed by atoms with E-state index in [-0.39, 0.29) is 11.5 Å². The molecule has 1 aliphatic heterocycles. The van der Waals surface area contributed by atoms with Crippen molar-refractivity contribution in [1.29, 1.82) is 0 Å². The van der Waals surface area contributed by atoms with Crippen molar-refractivity contribution in [2.45, 2.75) is 42.7 Å². The molecular formula is C19H19NO3S. The molecule has 2 aromatic rings. The van der Waals surface area contributed by atoms with Crippen LogP contribution in [0.1, 0.15) is 54.3 Å². The van der Waals surface area contributed by atoms with Crippen LogP contribution in [0.4, 0.5) is 0 Å². The Kier molecular flexibility index (Phi) is 3.76. The number of hydrogen-bond acceptors (Lipinski definition) is 3. The van der Waals surface area contributed by atoms with Gasteiger partial charge in [-0.05, 0) is 35.4 Å². The van der Waals surface area contributed by atoms with Gasteiger partial charge in [-0.1, -0.05) is 37.3 Å². The third-order valence-electron chi connectivity index (χ3n) is 5.00. The molecule has 1 N–H and O–H groups in total. The molecular weight excluding hydrogens is 322 g/mol. The number of benzene rings is 1. The Balaban J connectivity index is 1.89. The number of carboxylic acid groups (broad SMARTS) is 1. The van der Waals surface area contributed by atoms with E-state index in [9.17, 15) is 14.7 Å². The van der Waals surface area contributed by atoms with Gasteiger partial charge in [-0.3, -0.25) is 9.36 Å². The van der Waals surface area contributed by atoms with Crippen molar-refractivity contribution in [2.75, 3.05) is 5.75 Å². The molecule has 0 bridgehead atoms. The van der Waals surface area contributed by atoms with Crippen LogP contribution in [0.2, 0.25) is 0 Å². The van der Waals surface area contributed by atoms with E-state index in [1.54, 1.807) is 6.07 Å². The average Bonchev–Trinajstić information content (AvgIpc) is 3.31. The summed E-state index contributed by atoms with van der Waals surface area (Å²) in [6, 6.07) is 11.1. The number of hydrogen-bond donors (Lipinski definition) is 1. The number of aliphatic carboxylic acids is 1. The lowest BCUT2D eigenvalue weighted by molar-refractivity contribution is -0.140. The van der Waals surface area contributed by atoms with Crippen molar-refractivity contribution < 1.29 is 9.90 Å². The lowest BCUT2D eigenvalue weighted by atomic mass is 9.89. The summed E-state index contributed by atoms with van der Waals surface area (Å²) in [6.45, 7) is 2.13. The summed E-state index contributed by atoms with van der Waals surface area (Å²) >= 11 is 1.52. The van der Waals surface area contributed by atoms with Crippen LogP contribution >= 0.6 is 11.8 Å². The highest BCUT2D eigenvalue weighted by Crippen LogP contribution is 2.50. The van der Waals surface area contributed by atoms with Gasteiger partial charge in [0.05, 0.1) is 5.03 Å². The lowest BCUT2D eigenvalue weighted by Gasteiger charge is -2.20. The number of pyridine rings is 1. The average molecular weight is 341 g/mol. The largest absolute Gasteiger partial charge is 0.480 e. The van der Waals surface area contributed by atoms with Gasteiger partial charge in [0.1, 0.15) is 6.04 Å². The van der Waals surface area contributed by atoms with Crippen molar-refractivity contribution in [2.24, 2.45) is 0 Å². The quantitative estimate of drug-likeness (QED) is 0.923. The first-order chi connectivity index (χ1) is 11.6. The molecule has 0 amide bonds. The summed E-state index contributed by atoms with van der Waals surface area (Å²) in [6.07, 6.45) is 2.25. The molecule has 1 saturated carbocycles. The molecule has 24 heavy (non-hydrogen) atoms. The van der Waals surface area contributed by atoms with Crippen molar-refractivity contribution in [3.63, 3.8) is 0 Å². The number of nitrogens with zero attached hydrogens (tertiary/aromatic N) is 1. The first-order valence-electron chi connectivity index (χ1n) is 8.27. The van der Waals surface area contributed by atoms with Gasteiger partial charge in [0, 0.05) is 17.7 Å². The highest BCUT2D eigenvalue weighted by Gasteiger charge is 2.38. The predicted molar refractivity (Wildman–Crippen MR) is 94.0 cm³/mol. The maximum Gasteiger partial charge on any atom is 0.327 e. The Morgan fingerprint density at radius 3 is 2.62 bits per heavy atom. The zero-order chi connectivity index (χ0) is 16.8. The summed E-state index contributed by atoms with van der Waals surface area (Å²) in [5, 5.41) is 10.3. The predicted octanol–water partition coefficient (Wildman–Crippen LogP) is 3.61. The molecule has 5 heteroatoms. The number of rotatable bonds is 4. The number of carbonyl (C=O) groups is 1. The summed E-state index contributed by atoms with van der Waals surface area (Å²) < 4.78 is 1.50. The molecule has 1 aliphatic carbocycles. The Labute approximate surface area is 144 Å². The fourth-order valence-electron chi connectivity index (χ4n) is 3.55. The van der Waals surface area contributed by atoms with E-state index in [4.69, 9.17) is 0 Å². The first kappa shape index (κ1) is 15.5. The normalized spacial score (nSPS) is 20.6. The zero-order valence-electron chi connectivity index (χ0n) is 13.4. The second-order valence-electron chi connectivity index (χ2n) is 6.60. The molecule has 1 aromatic carbocycles. The summed E-state index contributed by atoms with van der Waals surface area (Å²) in [5.41, 5.74) is 3.27. The summed E-state index contributed by atoms with van der Waals surface area (Å²) in [5.74, 6) is 0.111. The van der Waals surface area contributed by atoms with Crippen LogP contribution in [-0.4, -0.2) is 21.4 Å². The van der Waals surface area contributed by atoms with Crippen LogP contribution in [0, 0.1) is 0 Å². The van der Waals surface area contributed by atoms with Gasteiger partial charge in [0.15, 0.2) is 0 Å². The molecule has 124 valence electrons. The zero-order valence-corrected chi connectivity index (χ0v) is 14.3. The van der Waals surface area contributed by atoms with E-state index >= 15 is 0 Å². The van der Waals surface area contributed by atoms with E-state index in [2.05, 4.69) is 19.1 Å². The molecule has 1 fully saturated rings. The Morgan fingerprint density at radius 2 is 2.00 bits per heavy atom. The van der Waals surface area contributed by atoms with Crippen LogP contribution in [0.25, 0.3) is 0 Å². The molecule has 2 heterocycles. The standard InChI is InChI=1S/C19H19NO3S/c1-11(12-5-3-2-4-6-12)14-9-16(21)20-15(19(22)23)10-24-18(20)17(14)13-7-8-13/h2-6,9,11,13,15H,7-8,10H2,1H3,(H,22,23)/t11?,15-/m0/s1. The molecule has 1 unspecified atom stereocenters. The monoisotopic (exact) mass is 341 g/mol. The van der Waals surface area contributed by atoms with Crippen molar-refractivity contribution >= 4 is 17.7 Å². The van der Waals surface area contributed by atoms with E-state index in [1.165, 1.54) is 27.5 Å². The number of aromatic nitrogens is 1. The van der Waals surface area contributed by atoms with Gasteiger partial charge in [0.25, 0.3) is 5.56 Å². The second kappa shape index (κ2) is 5.81. The summed E-state index contributed by atoms with van der Waals surface area (Å²) in [4.78, 5) is 24.1. The molecule has 0 saturated heterocycles. The molecule has 1 aromatic heterocycles. The third-order valence-corrected chi connectivity index (χ3v) is 6.18. The smallest absolute Gasteiger partial charge is 0.327 e. The minimum atomic E-state index is -0.922. The van der Waals surface area contributed by atoms with Crippen LogP contribution in [0.3, 0.4) is 0 Å². The first-order valence-corrected chi connectivity index (χ1v) is 9.26. The number of thioether (sulfide) groups is 1. The maximum atomic E-state index is 12.7. The van der Waals surface area contributed by atoms with Gasteiger partial charge in [-0.25, -0.2) is 4.79 Å². The van der Waals surface area contributed by atoms with Gasteiger partial charge in [0.2, 0.25) is 0 Å². The van der Waals surface area contributed by atoms with Gasteiger partial charge in [-0.2, -0.15) is 0 Å². The van der Waals surface area contributed by atoms with Gasteiger partial charge < -0.3 is 5.11 Å². The van der Waals surface area contributed by atoms with E-state index < -0.39 is 12.0 Å². The summed E-state index contributed by atoms with van der Waals surface area (Å²) in [7, 11) is 0. The molecule has 0 radical (unpaired) electrons. The number of fused-ring (bicyclic) bond motifs is 1. The van der Waals surface area contributed by atoms with E-state index in [1.807, 2.05) is 18.2 Å². The maximum absolute atomic E-state index is 12.7. The van der Waals surface area contributed by atoms with Crippen LogP contribution in [0.15, 0.2) is 46.2 Å². The molecule has 2 aliphatic rings. The Bertz CT molecular complexity index is 855. The third kappa shape index (κ3) is 2.47. The van der Waals surface area contributed by atoms with Crippen LogP contribution < -0.4 is 5.56 Å². The van der Waals surface area contributed by atoms with Gasteiger partial charge >= 0.3 is 5.97 Å². The minimum absolute atomic E-state index is 0.130. The van der Waals surface area contributed by atoms with Crippen molar-refractivity contribution in [1.82, 2.24) is 4.57 Å². The lowest BCUT2D eigenvalue weighted by Crippen LogP contribution is -2.29. The fraction of sp³-hybridized carbons (Fsp3) is 0.368. The topological polar surface area (TPSA) is 59.3 Å². The highest BCUT2D eigenvalue weighted by atomic mass is 32.2. The minimum Gasteiger partial charge on any atom is -0.480 e. The highest BCUT2D eigenvalue weighted by molar-refractivity contribution is 7.99. The van der Waals surface area contributed by atoms with E-state index in [0.717, 1.165) is 23.4 Å². The van der Waals surface area contributed by atoms with Crippen molar-refractivity contribution in [3.8, 4) is 0 Å². The molecule has 4 rings (SSSR count). The van der Waals surface area contributed by atoms with E-state index in [0.29, 0.717) is 11.7 Å².